The highest BCUT2D eigenvalue weighted by atomic mass is 35.5. The van der Waals surface area contributed by atoms with Crippen LogP contribution in [0.1, 0.15) is 18.1 Å². The summed E-state index contributed by atoms with van der Waals surface area (Å²) in [6.07, 6.45) is 0. The van der Waals surface area contributed by atoms with Crippen molar-refractivity contribution < 1.29 is 21.9 Å². The predicted octanol–water partition coefficient (Wildman–Crippen LogP) is 0.727. The SMILES string of the molecule is CCOc1cc(CNCCSc2nnnn2C)ccc1OCc1ccc(Cl)cc1.[Cl-]. The molecular weight excluding hydrogens is 445 g/mol. The normalized spacial score (nSPS) is 10.5. The lowest BCUT2D eigenvalue weighted by atomic mass is 10.2. The molecule has 0 atom stereocenters. The van der Waals surface area contributed by atoms with Crippen LogP contribution in [0, 0.1) is 0 Å². The molecule has 3 rings (SSSR count). The van der Waals surface area contributed by atoms with Gasteiger partial charge in [-0.25, -0.2) is 4.68 Å². The molecule has 0 saturated heterocycles. The Morgan fingerprint density at radius 1 is 1.07 bits per heavy atom. The molecule has 162 valence electrons. The average molecular weight is 469 g/mol. The van der Waals surface area contributed by atoms with Crippen LogP contribution in [0.3, 0.4) is 0 Å². The monoisotopic (exact) mass is 468 g/mol. The minimum Gasteiger partial charge on any atom is -1.00 e. The molecule has 10 heteroatoms. The van der Waals surface area contributed by atoms with E-state index in [0.29, 0.717) is 18.2 Å². The van der Waals surface area contributed by atoms with Gasteiger partial charge in [-0.05, 0) is 52.7 Å². The van der Waals surface area contributed by atoms with Gasteiger partial charge in [0, 0.05) is 30.9 Å². The number of hydrogen-bond donors (Lipinski definition) is 1. The number of thioether (sulfide) groups is 1. The summed E-state index contributed by atoms with van der Waals surface area (Å²) in [7, 11) is 1.83. The van der Waals surface area contributed by atoms with Crippen molar-refractivity contribution in [3.63, 3.8) is 0 Å². The molecule has 0 aliphatic carbocycles. The van der Waals surface area contributed by atoms with Gasteiger partial charge in [-0.2, -0.15) is 0 Å². The molecule has 0 saturated carbocycles. The van der Waals surface area contributed by atoms with Gasteiger partial charge in [0.15, 0.2) is 11.5 Å². The number of aromatic nitrogens is 4. The summed E-state index contributed by atoms with van der Waals surface area (Å²) in [5.41, 5.74) is 2.19. The van der Waals surface area contributed by atoms with Crippen molar-refractivity contribution >= 4 is 23.4 Å². The summed E-state index contributed by atoms with van der Waals surface area (Å²) in [6, 6.07) is 13.7. The van der Waals surface area contributed by atoms with Gasteiger partial charge in [0.05, 0.1) is 6.61 Å². The maximum absolute atomic E-state index is 5.95. The van der Waals surface area contributed by atoms with E-state index in [4.69, 9.17) is 21.1 Å². The first-order valence-corrected chi connectivity index (χ1v) is 10.7. The van der Waals surface area contributed by atoms with Crippen molar-refractivity contribution in [1.82, 2.24) is 25.5 Å². The number of rotatable bonds is 11. The number of nitrogens with one attached hydrogen (secondary N) is 1. The second kappa shape index (κ2) is 12.6. The maximum Gasteiger partial charge on any atom is 0.209 e. The number of hydrogen-bond acceptors (Lipinski definition) is 7. The minimum atomic E-state index is 0. The van der Waals surface area contributed by atoms with Crippen LogP contribution >= 0.6 is 23.4 Å². The molecule has 1 heterocycles. The molecule has 1 N–H and O–H groups in total. The van der Waals surface area contributed by atoms with E-state index in [1.807, 2.05) is 56.4 Å². The highest BCUT2D eigenvalue weighted by Crippen LogP contribution is 2.29. The van der Waals surface area contributed by atoms with Crippen molar-refractivity contribution in [3.8, 4) is 11.5 Å². The first-order valence-electron chi connectivity index (χ1n) is 9.34. The highest BCUT2D eigenvalue weighted by Gasteiger charge is 2.08. The Bertz CT molecular complexity index is 908. The largest absolute Gasteiger partial charge is 1.00 e. The Kier molecular flexibility index (Phi) is 10.2. The molecule has 2 aromatic carbocycles. The maximum atomic E-state index is 5.95. The molecule has 3 aromatic rings. The van der Waals surface area contributed by atoms with Crippen molar-refractivity contribution in [2.75, 3.05) is 18.9 Å². The zero-order valence-electron chi connectivity index (χ0n) is 16.8. The van der Waals surface area contributed by atoms with Gasteiger partial charge >= 0.3 is 0 Å². The third-order valence-corrected chi connectivity index (χ3v) is 5.30. The molecule has 0 unspecified atom stereocenters. The number of benzene rings is 2. The number of halogens is 2. The van der Waals surface area contributed by atoms with Crippen LogP contribution in [-0.2, 0) is 20.2 Å². The lowest BCUT2D eigenvalue weighted by Gasteiger charge is -2.14. The number of ether oxygens (including phenoxy) is 2. The van der Waals surface area contributed by atoms with Crippen LogP contribution in [0.5, 0.6) is 11.5 Å². The second-order valence-corrected chi connectivity index (χ2v) is 7.74. The standard InChI is InChI=1S/C20H24ClN5O2S.ClH/c1-3-27-19-12-16(13-22-10-11-29-20-23-24-25-26(20)2)6-9-18(19)28-14-15-4-7-17(21)8-5-15;/h4-9,12,22H,3,10-11,13-14H2,1-2H3;1H/p-1. The Morgan fingerprint density at radius 3 is 2.53 bits per heavy atom. The quantitative estimate of drug-likeness (QED) is 0.328. The van der Waals surface area contributed by atoms with Gasteiger partial charge in [-0.3, -0.25) is 0 Å². The fraction of sp³-hybridized carbons (Fsp3) is 0.350. The van der Waals surface area contributed by atoms with E-state index >= 15 is 0 Å². The third-order valence-electron chi connectivity index (χ3n) is 4.04. The van der Waals surface area contributed by atoms with Gasteiger partial charge in [0.2, 0.25) is 5.16 Å². The predicted molar refractivity (Wildman–Crippen MR) is 115 cm³/mol. The highest BCUT2D eigenvalue weighted by molar-refractivity contribution is 7.99. The van der Waals surface area contributed by atoms with Crippen LogP contribution in [0.15, 0.2) is 47.6 Å². The molecule has 7 nitrogen and oxygen atoms in total. The summed E-state index contributed by atoms with van der Waals surface area (Å²) in [5.74, 6) is 2.37. The fourth-order valence-corrected chi connectivity index (χ4v) is 3.45. The Hall–Kier alpha value is -2.00. The topological polar surface area (TPSA) is 74.1 Å². The molecule has 30 heavy (non-hydrogen) atoms. The number of tetrazole rings is 1. The summed E-state index contributed by atoms with van der Waals surface area (Å²) < 4.78 is 13.4. The van der Waals surface area contributed by atoms with E-state index < -0.39 is 0 Å². The van der Waals surface area contributed by atoms with Gasteiger partial charge in [-0.15, -0.1) is 5.10 Å². The molecule has 1 aromatic heterocycles. The summed E-state index contributed by atoms with van der Waals surface area (Å²) in [6.45, 7) is 4.59. The Labute approximate surface area is 191 Å². The smallest absolute Gasteiger partial charge is 0.209 e. The van der Waals surface area contributed by atoms with Crippen LogP contribution in [0.2, 0.25) is 5.02 Å². The number of aryl methyl sites for hydroxylation is 1. The van der Waals surface area contributed by atoms with Crippen molar-refractivity contribution in [2.45, 2.75) is 25.2 Å². The van der Waals surface area contributed by atoms with E-state index in [2.05, 4.69) is 20.8 Å². The molecule has 0 bridgehead atoms. The van der Waals surface area contributed by atoms with Gasteiger partial charge in [0.1, 0.15) is 6.61 Å². The zero-order valence-corrected chi connectivity index (χ0v) is 19.2. The van der Waals surface area contributed by atoms with Crippen LogP contribution < -0.4 is 27.2 Å². The number of nitrogens with zero attached hydrogens (tertiary/aromatic N) is 4. The van der Waals surface area contributed by atoms with E-state index in [1.165, 1.54) is 0 Å². The van der Waals surface area contributed by atoms with E-state index in [0.717, 1.165) is 46.6 Å². The lowest BCUT2D eigenvalue weighted by Crippen LogP contribution is -3.00. The molecule has 0 fully saturated rings. The van der Waals surface area contributed by atoms with Crippen LogP contribution in [0.25, 0.3) is 0 Å². The summed E-state index contributed by atoms with van der Waals surface area (Å²) >= 11 is 7.55. The van der Waals surface area contributed by atoms with Crippen molar-refractivity contribution in [3.05, 3.63) is 58.6 Å². The first kappa shape index (κ1) is 24.3. The average Bonchev–Trinajstić information content (AvgIpc) is 3.13. The second-order valence-electron chi connectivity index (χ2n) is 6.24. The molecule has 0 spiro atoms. The summed E-state index contributed by atoms with van der Waals surface area (Å²) in [5, 5.41) is 16.4. The van der Waals surface area contributed by atoms with Crippen molar-refractivity contribution in [1.29, 1.82) is 0 Å². The van der Waals surface area contributed by atoms with Crippen LogP contribution in [-0.4, -0.2) is 39.1 Å². The lowest BCUT2D eigenvalue weighted by molar-refractivity contribution is -0.00000683. The van der Waals surface area contributed by atoms with E-state index in [9.17, 15) is 0 Å². The Morgan fingerprint density at radius 2 is 1.83 bits per heavy atom. The molecule has 0 amide bonds. The van der Waals surface area contributed by atoms with Gasteiger partial charge in [0.25, 0.3) is 0 Å². The zero-order chi connectivity index (χ0) is 20.5. The van der Waals surface area contributed by atoms with Gasteiger partial charge < -0.3 is 27.2 Å². The molecule has 0 aliphatic heterocycles. The van der Waals surface area contributed by atoms with E-state index in [1.54, 1.807) is 16.4 Å². The van der Waals surface area contributed by atoms with Gasteiger partial charge in [-0.1, -0.05) is 41.6 Å². The molecule has 0 radical (unpaired) electrons. The fourth-order valence-electron chi connectivity index (χ4n) is 2.58. The Balaban J connectivity index is 0.00000320. The first-order chi connectivity index (χ1) is 14.2. The molecule has 0 aliphatic rings. The van der Waals surface area contributed by atoms with Crippen molar-refractivity contribution in [2.24, 2.45) is 7.05 Å². The van der Waals surface area contributed by atoms with E-state index in [-0.39, 0.29) is 12.4 Å². The molecular formula is C20H24Cl2N5O2S-. The summed E-state index contributed by atoms with van der Waals surface area (Å²) in [4.78, 5) is 0. The minimum absolute atomic E-state index is 0. The third kappa shape index (κ3) is 7.36. The van der Waals surface area contributed by atoms with Crippen LogP contribution in [0.4, 0.5) is 0 Å².